The Balaban J connectivity index is 1.35. The van der Waals surface area contributed by atoms with E-state index in [0.29, 0.717) is 5.41 Å². The van der Waals surface area contributed by atoms with Crippen LogP contribution in [0.5, 0.6) is 0 Å². The first-order valence-electron chi connectivity index (χ1n) is 7.86. The lowest BCUT2D eigenvalue weighted by Crippen LogP contribution is -2.21. The highest BCUT2D eigenvalue weighted by Gasteiger charge is 2.64. The average molecular weight is 275 g/mol. The lowest BCUT2D eigenvalue weighted by atomic mass is 9.95. The highest BCUT2D eigenvalue weighted by molar-refractivity contribution is 7.12. The van der Waals surface area contributed by atoms with Gasteiger partial charge in [-0.3, -0.25) is 0 Å². The molecule has 2 heteroatoms. The predicted octanol–water partition coefficient (Wildman–Crippen LogP) is 4.18. The summed E-state index contributed by atoms with van der Waals surface area (Å²) in [7, 11) is 0. The zero-order valence-electron chi connectivity index (χ0n) is 12.3. The molecule has 0 spiro atoms. The van der Waals surface area contributed by atoms with Crippen molar-refractivity contribution in [2.75, 3.05) is 0 Å². The fraction of sp³-hybridized carbons (Fsp3) is 0.765. The van der Waals surface area contributed by atoms with Gasteiger partial charge in [0.2, 0.25) is 0 Å². The monoisotopic (exact) mass is 275 g/mol. The first-order valence-corrected chi connectivity index (χ1v) is 8.68. The number of hydrogen-bond acceptors (Lipinski definition) is 2. The average Bonchev–Trinajstić information content (AvgIpc) is 2.80. The molecule has 1 heterocycles. The molecule has 1 nitrogen and oxygen atoms in total. The zero-order chi connectivity index (χ0) is 13.2. The van der Waals surface area contributed by atoms with Gasteiger partial charge in [-0.25, -0.2) is 0 Å². The van der Waals surface area contributed by atoms with Crippen molar-refractivity contribution in [3.63, 3.8) is 0 Å². The predicted molar refractivity (Wildman–Crippen MR) is 81.5 cm³/mol. The molecule has 0 aliphatic heterocycles. The molecule has 0 radical (unpaired) electrons. The van der Waals surface area contributed by atoms with Crippen LogP contribution in [0, 0.1) is 23.7 Å². The molecule has 2 bridgehead atoms. The summed E-state index contributed by atoms with van der Waals surface area (Å²) in [5.74, 6) is 4.28. The molecule has 0 saturated heterocycles. The second-order valence-corrected chi connectivity index (χ2v) is 9.08. The Hall–Kier alpha value is -0.340. The van der Waals surface area contributed by atoms with E-state index in [-0.39, 0.29) is 0 Å². The normalized spacial score (nSPS) is 39.6. The lowest BCUT2D eigenvalue weighted by Gasteiger charge is -2.15. The van der Waals surface area contributed by atoms with Crippen LogP contribution >= 0.6 is 11.3 Å². The highest BCUT2D eigenvalue weighted by Crippen LogP contribution is 2.65. The molecule has 19 heavy (non-hydrogen) atoms. The van der Waals surface area contributed by atoms with Gasteiger partial charge < -0.3 is 5.32 Å². The quantitative estimate of drug-likeness (QED) is 0.872. The largest absolute Gasteiger partial charge is 0.309 e. The van der Waals surface area contributed by atoms with Crippen molar-refractivity contribution in [3.8, 4) is 0 Å². The van der Waals surface area contributed by atoms with Gasteiger partial charge in [0.1, 0.15) is 0 Å². The van der Waals surface area contributed by atoms with Crippen molar-refractivity contribution >= 4 is 11.3 Å². The van der Waals surface area contributed by atoms with Crippen molar-refractivity contribution in [3.05, 3.63) is 21.9 Å². The molecule has 4 unspecified atom stereocenters. The van der Waals surface area contributed by atoms with Crippen LogP contribution in [0.1, 0.15) is 49.8 Å². The van der Waals surface area contributed by atoms with Crippen LogP contribution < -0.4 is 5.32 Å². The first kappa shape index (κ1) is 12.4. The lowest BCUT2D eigenvalue weighted by molar-refractivity contribution is 0.456. The summed E-state index contributed by atoms with van der Waals surface area (Å²) >= 11 is 1.99. The Bertz CT molecular complexity index is 468. The van der Waals surface area contributed by atoms with Gasteiger partial charge in [-0.1, -0.05) is 20.8 Å². The SMILES string of the molecule is CC(C)(C)c1ccc(CNC2C3C4CCC(C4)C23)s1. The summed E-state index contributed by atoms with van der Waals surface area (Å²) < 4.78 is 0. The van der Waals surface area contributed by atoms with E-state index in [4.69, 9.17) is 0 Å². The smallest absolute Gasteiger partial charge is 0.0302 e. The van der Waals surface area contributed by atoms with E-state index in [0.717, 1.165) is 36.3 Å². The Morgan fingerprint density at radius 2 is 1.84 bits per heavy atom. The minimum atomic E-state index is 0.304. The molecular weight excluding hydrogens is 250 g/mol. The molecule has 104 valence electrons. The standard InChI is InChI=1S/C17H25NS/c1-17(2,3)13-7-6-12(19-13)9-18-16-14-10-4-5-11(8-10)15(14)16/h6-7,10-11,14-16,18H,4-5,8-9H2,1-3H3. The topological polar surface area (TPSA) is 12.0 Å². The van der Waals surface area contributed by atoms with E-state index >= 15 is 0 Å². The first-order chi connectivity index (χ1) is 9.04. The molecule has 1 N–H and O–H groups in total. The highest BCUT2D eigenvalue weighted by atomic mass is 32.1. The number of thiophene rings is 1. The van der Waals surface area contributed by atoms with Gasteiger partial charge in [0, 0.05) is 22.3 Å². The second-order valence-electron chi connectivity index (χ2n) is 7.91. The Labute approximate surface area is 120 Å². The minimum Gasteiger partial charge on any atom is -0.309 e. The second kappa shape index (κ2) is 4.08. The summed E-state index contributed by atoms with van der Waals surface area (Å²) in [4.78, 5) is 3.03. The number of hydrogen-bond donors (Lipinski definition) is 1. The Morgan fingerprint density at radius 3 is 2.42 bits per heavy atom. The van der Waals surface area contributed by atoms with Gasteiger partial charge in [0.25, 0.3) is 0 Å². The molecule has 3 fully saturated rings. The third-order valence-electron chi connectivity index (χ3n) is 5.65. The molecule has 1 aromatic rings. The van der Waals surface area contributed by atoms with Crippen LogP contribution in [0.3, 0.4) is 0 Å². The molecule has 4 rings (SSSR count). The maximum absolute atomic E-state index is 3.85. The van der Waals surface area contributed by atoms with Gasteiger partial charge in [0.15, 0.2) is 0 Å². The Kier molecular flexibility index (Phi) is 2.66. The summed E-state index contributed by atoms with van der Waals surface area (Å²) in [5.41, 5.74) is 0.304. The van der Waals surface area contributed by atoms with Crippen LogP contribution in [0.25, 0.3) is 0 Å². The number of fused-ring (bicyclic) bond motifs is 5. The van der Waals surface area contributed by atoms with E-state index in [1.165, 1.54) is 22.6 Å². The maximum atomic E-state index is 3.85. The van der Waals surface area contributed by atoms with E-state index < -0.39 is 0 Å². The molecule has 3 aliphatic carbocycles. The van der Waals surface area contributed by atoms with Crippen molar-refractivity contribution in [1.82, 2.24) is 5.32 Å². The molecule has 1 aromatic heterocycles. The van der Waals surface area contributed by atoms with Crippen molar-refractivity contribution in [2.45, 2.75) is 58.0 Å². The van der Waals surface area contributed by atoms with Crippen molar-refractivity contribution < 1.29 is 0 Å². The van der Waals surface area contributed by atoms with E-state index in [1.807, 2.05) is 11.3 Å². The number of nitrogens with one attached hydrogen (secondary N) is 1. The minimum absolute atomic E-state index is 0.304. The summed E-state index contributed by atoms with van der Waals surface area (Å²) in [6.07, 6.45) is 4.61. The van der Waals surface area contributed by atoms with Gasteiger partial charge in [-0.05, 0) is 60.5 Å². The van der Waals surface area contributed by atoms with Crippen molar-refractivity contribution in [2.24, 2.45) is 23.7 Å². The fourth-order valence-corrected chi connectivity index (χ4v) is 5.71. The summed E-state index contributed by atoms with van der Waals surface area (Å²) in [5, 5.41) is 3.85. The third kappa shape index (κ3) is 1.99. The molecular formula is C17H25NS. The summed E-state index contributed by atoms with van der Waals surface area (Å²) in [6, 6.07) is 5.51. The Morgan fingerprint density at radius 1 is 1.16 bits per heavy atom. The van der Waals surface area contributed by atoms with Crippen LogP contribution in [-0.2, 0) is 12.0 Å². The van der Waals surface area contributed by atoms with Gasteiger partial charge in [-0.15, -0.1) is 11.3 Å². The van der Waals surface area contributed by atoms with Crippen molar-refractivity contribution in [1.29, 1.82) is 0 Å². The molecule has 3 aliphatic rings. The van der Waals surface area contributed by atoms with Crippen LogP contribution in [-0.4, -0.2) is 6.04 Å². The van der Waals surface area contributed by atoms with Crippen LogP contribution in [0.4, 0.5) is 0 Å². The molecule has 3 saturated carbocycles. The van der Waals surface area contributed by atoms with E-state index in [9.17, 15) is 0 Å². The fourth-order valence-electron chi connectivity index (χ4n) is 4.69. The maximum Gasteiger partial charge on any atom is 0.0302 e. The molecule has 0 aromatic carbocycles. The van der Waals surface area contributed by atoms with E-state index in [1.54, 1.807) is 6.42 Å². The molecule has 4 atom stereocenters. The van der Waals surface area contributed by atoms with Gasteiger partial charge >= 0.3 is 0 Å². The van der Waals surface area contributed by atoms with Gasteiger partial charge in [0.05, 0.1) is 0 Å². The summed E-state index contributed by atoms with van der Waals surface area (Å²) in [6.45, 7) is 8.01. The van der Waals surface area contributed by atoms with Crippen LogP contribution in [0.2, 0.25) is 0 Å². The zero-order valence-corrected chi connectivity index (χ0v) is 13.1. The third-order valence-corrected chi connectivity index (χ3v) is 7.16. The number of rotatable bonds is 3. The molecule has 0 amide bonds. The van der Waals surface area contributed by atoms with E-state index in [2.05, 4.69) is 38.2 Å². The van der Waals surface area contributed by atoms with Crippen LogP contribution in [0.15, 0.2) is 12.1 Å². The van der Waals surface area contributed by atoms with Gasteiger partial charge in [-0.2, -0.15) is 0 Å².